The molecule has 0 N–H and O–H groups in total. The molecule has 1 unspecified atom stereocenters. The third-order valence-electron chi connectivity index (χ3n) is 4.01. The Balaban J connectivity index is 1.91. The van der Waals surface area contributed by atoms with E-state index in [1.807, 2.05) is 12.1 Å². The normalized spacial score (nSPS) is 17.6. The molecule has 1 aromatic carbocycles. The summed E-state index contributed by atoms with van der Waals surface area (Å²) in [6.45, 7) is 4.51. The van der Waals surface area contributed by atoms with Gasteiger partial charge >= 0.3 is 0 Å². The largest absolute Gasteiger partial charge is 0.289 e. The van der Waals surface area contributed by atoms with E-state index in [1.54, 1.807) is 0 Å². The van der Waals surface area contributed by atoms with E-state index in [1.165, 1.54) is 36.3 Å². The van der Waals surface area contributed by atoms with E-state index < -0.39 is 0 Å². The SMILES string of the molecule is CCC(C)Cc1ccc(C(=O)C[S+]2CCCC2)cc1. The molecular weight excluding hydrogens is 252 g/mol. The third kappa shape index (κ3) is 4.38. The zero-order chi connectivity index (χ0) is 13.7. The summed E-state index contributed by atoms with van der Waals surface area (Å²) in [4.78, 5) is 12.2. The van der Waals surface area contributed by atoms with Crippen molar-refractivity contribution in [1.82, 2.24) is 0 Å². The average Bonchev–Trinajstić information content (AvgIpc) is 2.92. The van der Waals surface area contributed by atoms with Crippen LogP contribution in [0.1, 0.15) is 49.0 Å². The minimum Gasteiger partial charge on any atom is -0.289 e. The van der Waals surface area contributed by atoms with Crippen LogP contribution in [-0.2, 0) is 17.3 Å². The first-order valence-electron chi connectivity index (χ1n) is 7.45. The van der Waals surface area contributed by atoms with Crippen molar-refractivity contribution in [1.29, 1.82) is 0 Å². The summed E-state index contributed by atoms with van der Waals surface area (Å²) in [5.41, 5.74) is 2.27. The first-order valence-corrected chi connectivity index (χ1v) is 9.18. The Morgan fingerprint density at radius 2 is 1.84 bits per heavy atom. The van der Waals surface area contributed by atoms with Crippen LogP contribution in [0.5, 0.6) is 0 Å². The van der Waals surface area contributed by atoms with Crippen molar-refractivity contribution in [3.63, 3.8) is 0 Å². The lowest BCUT2D eigenvalue weighted by Gasteiger charge is -2.08. The van der Waals surface area contributed by atoms with Crippen LogP contribution in [-0.4, -0.2) is 23.0 Å². The van der Waals surface area contributed by atoms with Crippen LogP contribution in [0.2, 0.25) is 0 Å². The number of benzene rings is 1. The predicted octanol–water partition coefficient (Wildman–Crippen LogP) is 3.87. The maximum atomic E-state index is 12.2. The van der Waals surface area contributed by atoms with Gasteiger partial charge in [0.15, 0.2) is 5.75 Å². The molecule has 2 rings (SSSR count). The Bertz CT molecular complexity index is 404. The Labute approximate surface area is 120 Å². The molecule has 0 aliphatic carbocycles. The molecule has 2 heteroatoms. The van der Waals surface area contributed by atoms with Crippen LogP contribution < -0.4 is 0 Å². The minimum absolute atomic E-state index is 0.348. The van der Waals surface area contributed by atoms with Gasteiger partial charge in [0.1, 0.15) is 11.5 Å². The van der Waals surface area contributed by atoms with Gasteiger partial charge in [0.05, 0.1) is 0 Å². The molecule has 104 valence electrons. The summed E-state index contributed by atoms with van der Waals surface area (Å²) in [7, 11) is 0.377. The molecule has 1 saturated heterocycles. The second kappa shape index (κ2) is 7.14. The molecule has 0 spiro atoms. The quantitative estimate of drug-likeness (QED) is 0.570. The third-order valence-corrected chi connectivity index (χ3v) is 6.41. The monoisotopic (exact) mass is 277 g/mol. The molecule has 0 bridgehead atoms. The number of carbonyl (C=O) groups is 1. The number of carbonyl (C=O) groups excluding carboxylic acids is 1. The molecule has 1 aliphatic heterocycles. The number of hydrogen-bond donors (Lipinski definition) is 0. The first-order chi connectivity index (χ1) is 9.19. The maximum absolute atomic E-state index is 12.2. The minimum atomic E-state index is 0.348. The van der Waals surface area contributed by atoms with Crippen molar-refractivity contribution >= 4 is 16.7 Å². The zero-order valence-electron chi connectivity index (χ0n) is 12.2. The van der Waals surface area contributed by atoms with E-state index in [2.05, 4.69) is 26.0 Å². The predicted molar refractivity (Wildman–Crippen MR) is 85.1 cm³/mol. The van der Waals surface area contributed by atoms with Crippen LogP contribution in [0.25, 0.3) is 0 Å². The number of hydrogen-bond acceptors (Lipinski definition) is 1. The highest BCUT2D eigenvalue weighted by atomic mass is 32.2. The van der Waals surface area contributed by atoms with Crippen LogP contribution in [0.4, 0.5) is 0 Å². The van der Waals surface area contributed by atoms with Gasteiger partial charge in [-0.3, -0.25) is 4.79 Å². The molecule has 1 nitrogen and oxygen atoms in total. The standard InChI is InChI=1S/C17H25OS/c1-3-14(2)12-15-6-8-16(9-7-15)17(18)13-19-10-4-5-11-19/h6-9,14H,3-5,10-13H2,1-2H3/q+1. The Morgan fingerprint density at radius 1 is 1.21 bits per heavy atom. The van der Waals surface area contributed by atoms with E-state index >= 15 is 0 Å². The fourth-order valence-electron chi connectivity index (χ4n) is 2.50. The topological polar surface area (TPSA) is 17.1 Å². The maximum Gasteiger partial charge on any atom is 0.211 e. The fraction of sp³-hybridized carbons (Fsp3) is 0.588. The summed E-state index contributed by atoms with van der Waals surface area (Å²) < 4.78 is 0. The molecule has 0 saturated carbocycles. The van der Waals surface area contributed by atoms with Crippen molar-refractivity contribution in [3.8, 4) is 0 Å². The molecule has 1 aromatic rings. The van der Waals surface area contributed by atoms with Gasteiger partial charge in [-0.1, -0.05) is 44.5 Å². The Hall–Kier alpha value is -0.760. The number of rotatable bonds is 6. The van der Waals surface area contributed by atoms with Crippen molar-refractivity contribution < 1.29 is 4.79 Å². The van der Waals surface area contributed by atoms with Gasteiger partial charge in [0, 0.05) is 5.56 Å². The van der Waals surface area contributed by atoms with Crippen molar-refractivity contribution in [2.75, 3.05) is 17.3 Å². The lowest BCUT2D eigenvalue weighted by molar-refractivity contribution is 0.102. The molecule has 0 aromatic heterocycles. The van der Waals surface area contributed by atoms with Gasteiger partial charge in [-0.05, 0) is 41.6 Å². The van der Waals surface area contributed by atoms with Crippen molar-refractivity contribution in [2.24, 2.45) is 5.92 Å². The zero-order valence-corrected chi connectivity index (χ0v) is 13.0. The van der Waals surface area contributed by atoms with Crippen molar-refractivity contribution in [3.05, 3.63) is 35.4 Å². The molecule has 0 amide bonds. The van der Waals surface area contributed by atoms with E-state index in [0.717, 1.165) is 23.7 Å². The van der Waals surface area contributed by atoms with Crippen LogP contribution in [0.3, 0.4) is 0 Å². The van der Waals surface area contributed by atoms with E-state index in [-0.39, 0.29) is 0 Å². The number of Topliss-reactive ketones (excluding diaryl/α,β-unsaturated/α-hetero) is 1. The summed E-state index contributed by atoms with van der Waals surface area (Å²) in [5.74, 6) is 4.40. The second-order valence-electron chi connectivity index (χ2n) is 5.71. The lowest BCUT2D eigenvalue weighted by Crippen LogP contribution is -2.17. The highest BCUT2D eigenvalue weighted by molar-refractivity contribution is 7.97. The fourth-order valence-corrected chi connectivity index (χ4v) is 4.76. The van der Waals surface area contributed by atoms with Crippen molar-refractivity contribution in [2.45, 2.75) is 39.5 Å². The van der Waals surface area contributed by atoms with Crippen LogP contribution >= 0.6 is 0 Å². The Kier molecular flexibility index (Phi) is 5.50. The van der Waals surface area contributed by atoms with Crippen LogP contribution in [0, 0.1) is 5.92 Å². The summed E-state index contributed by atoms with van der Waals surface area (Å²) in [6, 6.07) is 8.33. The molecular formula is C17H25OS+. The van der Waals surface area contributed by atoms with Gasteiger partial charge in [0.25, 0.3) is 0 Å². The second-order valence-corrected chi connectivity index (χ2v) is 8.04. The van der Waals surface area contributed by atoms with E-state index in [9.17, 15) is 4.79 Å². The molecule has 19 heavy (non-hydrogen) atoms. The molecule has 1 aliphatic rings. The lowest BCUT2D eigenvalue weighted by atomic mass is 9.98. The first kappa shape index (κ1) is 14.6. The van der Waals surface area contributed by atoms with Gasteiger partial charge in [0.2, 0.25) is 5.78 Å². The summed E-state index contributed by atoms with van der Waals surface area (Å²) in [5, 5.41) is 0. The summed E-state index contributed by atoms with van der Waals surface area (Å²) in [6.07, 6.45) is 4.98. The molecule has 1 heterocycles. The molecule has 1 atom stereocenters. The Morgan fingerprint density at radius 3 is 2.42 bits per heavy atom. The highest BCUT2D eigenvalue weighted by Gasteiger charge is 2.27. The van der Waals surface area contributed by atoms with Gasteiger partial charge in [-0.15, -0.1) is 0 Å². The van der Waals surface area contributed by atoms with E-state index in [0.29, 0.717) is 16.7 Å². The average molecular weight is 277 g/mol. The number of ketones is 1. The molecule has 0 radical (unpaired) electrons. The van der Waals surface area contributed by atoms with Gasteiger partial charge in [-0.2, -0.15) is 0 Å². The summed E-state index contributed by atoms with van der Waals surface area (Å²) >= 11 is 0. The van der Waals surface area contributed by atoms with E-state index in [4.69, 9.17) is 0 Å². The van der Waals surface area contributed by atoms with Crippen LogP contribution in [0.15, 0.2) is 24.3 Å². The highest BCUT2D eigenvalue weighted by Crippen LogP contribution is 2.17. The van der Waals surface area contributed by atoms with Gasteiger partial charge < -0.3 is 0 Å². The van der Waals surface area contributed by atoms with Gasteiger partial charge in [-0.25, -0.2) is 0 Å². The molecule has 1 fully saturated rings. The smallest absolute Gasteiger partial charge is 0.211 e.